The Kier molecular flexibility index (Phi) is 1.82. The smallest absolute Gasteiger partial charge is 0.0145 e. The summed E-state index contributed by atoms with van der Waals surface area (Å²) in [6, 6.07) is 0.714. The van der Waals surface area contributed by atoms with Crippen LogP contribution in [0.25, 0.3) is 0 Å². The second-order valence-corrected chi connectivity index (χ2v) is 3.43. The fourth-order valence-electron chi connectivity index (χ4n) is 2.01. The van der Waals surface area contributed by atoms with Crippen molar-refractivity contribution in [3.05, 3.63) is 23.3 Å². The maximum atomic E-state index is 3.34. The van der Waals surface area contributed by atoms with Crippen molar-refractivity contribution in [3.63, 3.8) is 0 Å². The molecule has 0 heterocycles. The van der Waals surface area contributed by atoms with Crippen LogP contribution in [0, 0.1) is 0 Å². The average Bonchev–Trinajstić information content (AvgIpc) is 2.46. The lowest BCUT2D eigenvalue weighted by atomic mass is 10.0. The molecule has 11 heavy (non-hydrogen) atoms. The third kappa shape index (κ3) is 1.25. The first-order valence-electron chi connectivity index (χ1n) is 4.46. The fourth-order valence-corrected chi connectivity index (χ4v) is 2.01. The molecule has 0 unspecified atom stereocenters. The van der Waals surface area contributed by atoms with Crippen molar-refractivity contribution in [3.8, 4) is 0 Å². The molecule has 0 aromatic rings. The van der Waals surface area contributed by atoms with Gasteiger partial charge in [0.1, 0.15) is 0 Å². The molecule has 0 amide bonds. The third-order valence-corrected chi connectivity index (χ3v) is 2.70. The standard InChI is InChI=1S/C10H15N.H2/c1-11-10-6-8-4-2-3-5-9(8)7-10;/h4-5,10-11H,2-3,6-7H2,1H3;1H. The molecule has 1 N–H and O–H groups in total. The predicted molar refractivity (Wildman–Crippen MR) is 49.6 cm³/mol. The van der Waals surface area contributed by atoms with Crippen molar-refractivity contribution in [1.82, 2.24) is 5.32 Å². The minimum Gasteiger partial charge on any atom is -0.316 e. The molecule has 0 aromatic carbocycles. The van der Waals surface area contributed by atoms with Crippen LogP contribution in [0.1, 0.15) is 27.1 Å². The van der Waals surface area contributed by atoms with Gasteiger partial charge in [-0.15, -0.1) is 0 Å². The average molecular weight is 151 g/mol. The van der Waals surface area contributed by atoms with Crippen LogP contribution >= 0.6 is 0 Å². The van der Waals surface area contributed by atoms with E-state index in [4.69, 9.17) is 0 Å². The Morgan fingerprint density at radius 3 is 2.27 bits per heavy atom. The Morgan fingerprint density at radius 1 is 1.27 bits per heavy atom. The Labute approximate surface area is 69.7 Å². The van der Waals surface area contributed by atoms with E-state index in [1.807, 2.05) is 0 Å². The van der Waals surface area contributed by atoms with Crippen LogP contribution in [0.5, 0.6) is 0 Å². The lowest BCUT2D eigenvalue weighted by Crippen LogP contribution is -2.20. The van der Waals surface area contributed by atoms with Crippen LogP contribution in [0.4, 0.5) is 0 Å². The summed E-state index contributed by atoms with van der Waals surface area (Å²) < 4.78 is 0. The Hall–Kier alpha value is -0.560. The molecular weight excluding hydrogens is 134 g/mol. The number of fused-ring (bicyclic) bond motifs is 1. The summed E-state index contributed by atoms with van der Waals surface area (Å²) in [5.41, 5.74) is 3.21. The summed E-state index contributed by atoms with van der Waals surface area (Å²) in [4.78, 5) is 0. The van der Waals surface area contributed by atoms with Crippen LogP contribution in [-0.2, 0) is 0 Å². The predicted octanol–water partition coefficient (Wildman–Crippen LogP) is 2.26. The monoisotopic (exact) mass is 151 g/mol. The Balaban J connectivity index is 0.000000720. The van der Waals surface area contributed by atoms with E-state index in [0.29, 0.717) is 6.04 Å². The van der Waals surface area contributed by atoms with Gasteiger partial charge >= 0.3 is 0 Å². The number of rotatable bonds is 1. The van der Waals surface area contributed by atoms with E-state index in [1.54, 1.807) is 11.1 Å². The first-order valence-corrected chi connectivity index (χ1v) is 4.46. The SMILES string of the molecule is CNC1CC2=CCCC=C2C1.[HH]. The molecule has 62 valence electrons. The van der Waals surface area contributed by atoms with Crippen LogP contribution in [0.2, 0.25) is 0 Å². The molecule has 0 bridgehead atoms. The summed E-state index contributed by atoms with van der Waals surface area (Å²) in [6.45, 7) is 0. The first-order chi connectivity index (χ1) is 5.40. The number of hydrogen-bond acceptors (Lipinski definition) is 1. The second-order valence-electron chi connectivity index (χ2n) is 3.43. The van der Waals surface area contributed by atoms with E-state index in [0.717, 1.165) is 0 Å². The van der Waals surface area contributed by atoms with E-state index >= 15 is 0 Å². The molecule has 0 atom stereocenters. The van der Waals surface area contributed by atoms with E-state index in [2.05, 4.69) is 24.5 Å². The molecule has 1 fully saturated rings. The molecule has 1 nitrogen and oxygen atoms in total. The van der Waals surface area contributed by atoms with Gasteiger partial charge in [-0.1, -0.05) is 12.2 Å². The van der Waals surface area contributed by atoms with Crippen molar-refractivity contribution in [2.75, 3.05) is 7.05 Å². The van der Waals surface area contributed by atoms with Gasteiger partial charge < -0.3 is 5.32 Å². The number of hydrogen-bond donors (Lipinski definition) is 1. The van der Waals surface area contributed by atoms with Gasteiger partial charge in [-0.05, 0) is 43.9 Å². The first kappa shape index (κ1) is 7.11. The molecular formula is C10H17N. The van der Waals surface area contributed by atoms with E-state index in [1.165, 1.54) is 25.7 Å². The second kappa shape index (κ2) is 2.82. The quantitative estimate of drug-likeness (QED) is 0.606. The number of allylic oxidation sites excluding steroid dienone is 2. The summed E-state index contributed by atoms with van der Waals surface area (Å²) in [5.74, 6) is 0. The normalized spacial score (nSPS) is 24.5. The zero-order chi connectivity index (χ0) is 7.68. The molecule has 0 saturated heterocycles. The zero-order valence-electron chi connectivity index (χ0n) is 7.06. The lowest BCUT2D eigenvalue weighted by molar-refractivity contribution is 0.603. The van der Waals surface area contributed by atoms with Gasteiger partial charge in [0.05, 0.1) is 0 Å². The largest absolute Gasteiger partial charge is 0.316 e. The molecule has 2 aliphatic carbocycles. The highest BCUT2D eigenvalue weighted by Gasteiger charge is 2.22. The molecule has 0 spiro atoms. The highest BCUT2D eigenvalue weighted by molar-refractivity contribution is 5.39. The van der Waals surface area contributed by atoms with Crippen LogP contribution in [-0.4, -0.2) is 13.1 Å². The summed E-state index contributed by atoms with van der Waals surface area (Å²) in [5, 5.41) is 3.34. The van der Waals surface area contributed by atoms with E-state index in [9.17, 15) is 0 Å². The van der Waals surface area contributed by atoms with Crippen LogP contribution in [0.3, 0.4) is 0 Å². The lowest BCUT2D eigenvalue weighted by Gasteiger charge is -2.05. The van der Waals surface area contributed by atoms with Gasteiger partial charge in [0.2, 0.25) is 0 Å². The molecule has 2 aliphatic rings. The van der Waals surface area contributed by atoms with Gasteiger partial charge in [-0.3, -0.25) is 0 Å². The molecule has 0 aromatic heterocycles. The zero-order valence-corrected chi connectivity index (χ0v) is 7.06. The molecule has 0 aliphatic heterocycles. The van der Waals surface area contributed by atoms with E-state index in [-0.39, 0.29) is 1.43 Å². The van der Waals surface area contributed by atoms with Gasteiger partial charge in [-0.2, -0.15) is 0 Å². The summed E-state index contributed by atoms with van der Waals surface area (Å²) >= 11 is 0. The third-order valence-electron chi connectivity index (χ3n) is 2.70. The van der Waals surface area contributed by atoms with Crippen molar-refractivity contribution >= 4 is 0 Å². The summed E-state index contributed by atoms with van der Waals surface area (Å²) in [7, 11) is 2.06. The Morgan fingerprint density at radius 2 is 1.82 bits per heavy atom. The summed E-state index contributed by atoms with van der Waals surface area (Å²) in [6.07, 6.45) is 9.84. The van der Waals surface area contributed by atoms with Gasteiger partial charge in [0.25, 0.3) is 0 Å². The molecule has 1 saturated carbocycles. The van der Waals surface area contributed by atoms with Crippen molar-refractivity contribution < 1.29 is 1.43 Å². The van der Waals surface area contributed by atoms with Crippen LogP contribution in [0.15, 0.2) is 23.3 Å². The van der Waals surface area contributed by atoms with Crippen LogP contribution < -0.4 is 5.32 Å². The highest BCUT2D eigenvalue weighted by atomic mass is 14.9. The van der Waals surface area contributed by atoms with Gasteiger partial charge in [0, 0.05) is 7.47 Å². The van der Waals surface area contributed by atoms with Gasteiger partial charge in [0.15, 0.2) is 0 Å². The van der Waals surface area contributed by atoms with E-state index < -0.39 is 0 Å². The van der Waals surface area contributed by atoms with Crippen molar-refractivity contribution in [1.29, 1.82) is 0 Å². The van der Waals surface area contributed by atoms with Gasteiger partial charge in [-0.25, -0.2) is 0 Å². The fraction of sp³-hybridized carbons (Fsp3) is 0.600. The molecule has 0 radical (unpaired) electrons. The topological polar surface area (TPSA) is 12.0 Å². The maximum Gasteiger partial charge on any atom is 0.0145 e. The highest BCUT2D eigenvalue weighted by Crippen LogP contribution is 2.33. The van der Waals surface area contributed by atoms with Crippen molar-refractivity contribution in [2.24, 2.45) is 0 Å². The minimum atomic E-state index is 0. The Bertz CT molecular complexity index is 196. The minimum absolute atomic E-state index is 0. The maximum absolute atomic E-state index is 3.34. The van der Waals surface area contributed by atoms with Crippen molar-refractivity contribution in [2.45, 2.75) is 31.7 Å². The molecule has 2 rings (SSSR count). The number of nitrogens with one attached hydrogen (secondary N) is 1. The molecule has 1 heteroatoms.